The molecule has 0 aliphatic heterocycles. The number of nitrogen functional groups attached to an aromatic ring is 1. The fourth-order valence-corrected chi connectivity index (χ4v) is 2.96. The molecule has 3 rings (SSSR count). The van der Waals surface area contributed by atoms with E-state index < -0.39 is 0 Å². The molecule has 0 saturated heterocycles. The quantitative estimate of drug-likeness (QED) is 0.726. The van der Waals surface area contributed by atoms with Gasteiger partial charge in [0.15, 0.2) is 0 Å². The Hall–Kier alpha value is -2.20. The van der Waals surface area contributed by atoms with Gasteiger partial charge in [0.05, 0.1) is 10.7 Å². The molecule has 0 fully saturated rings. The molecule has 3 aromatic rings. The Balaban J connectivity index is 1.86. The third kappa shape index (κ3) is 2.95. The van der Waals surface area contributed by atoms with E-state index in [1.54, 1.807) is 12.1 Å². The highest BCUT2D eigenvalue weighted by Gasteiger charge is 2.08. The SMILES string of the molecule is Cc1ccc(-c2csc(Cc3ccccc3F)n2)cc1N. The molecule has 0 aliphatic carbocycles. The van der Waals surface area contributed by atoms with E-state index in [1.807, 2.05) is 36.6 Å². The molecule has 21 heavy (non-hydrogen) atoms. The maximum Gasteiger partial charge on any atom is 0.126 e. The van der Waals surface area contributed by atoms with Crippen molar-refractivity contribution in [3.05, 3.63) is 69.8 Å². The first-order valence-electron chi connectivity index (χ1n) is 6.68. The Morgan fingerprint density at radius 3 is 2.76 bits per heavy atom. The average molecular weight is 298 g/mol. The second-order valence-corrected chi connectivity index (χ2v) is 5.91. The van der Waals surface area contributed by atoms with Crippen LogP contribution < -0.4 is 5.73 Å². The highest BCUT2D eigenvalue weighted by molar-refractivity contribution is 7.10. The first kappa shape index (κ1) is 13.8. The minimum Gasteiger partial charge on any atom is -0.398 e. The number of hydrogen-bond donors (Lipinski definition) is 1. The fraction of sp³-hybridized carbons (Fsp3) is 0.118. The van der Waals surface area contributed by atoms with Gasteiger partial charge in [0.2, 0.25) is 0 Å². The van der Waals surface area contributed by atoms with Crippen molar-refractivity contribution in [2.45, 2.75) is 13.3 Å². The lowest BCUT2D eigenvalue weighted by Gasteiger charge is -2.02. The molecule has 4 heteroatoms. The van der Waals surface area contributed by atoms with Crippen LogP contribution in [0.3, 0.4) is 0 Å². The number of aromatic nitrogens is 1. The van der Waals surface area contributed by atoms with E-state index in [9.17, 15) is 4.39 Å². The van der Waals surface area contributed by atoms with Crippen LogP contribution in [0.4, 0.5) is 10.1 Å². The lowest BCUT2D eigenvalue weighted by Crippen LogP contribution is -1.92. The summed E-state index contributed by atoms with van der Waals surface area (Å²) in [5.41, 5.74) is 10.3. The van der Waals surface area contributed by atoms with Crippen LogP contribution in [0.5, 0.6) is 0 Å². The van der Waals surface area contributed by atoms with E-state index in [2.05, 4.69) is 4.98 Å². The Morgan fingerprint density at radius 1 is 1.19 bits per heavy atom. The van der Waals surface area contributed by atoms with Crippen LogP contribution >= 0.6 is 11.3 Å². The Labute approximate surface area is 127 Å². The topological polar surface area (TPSA) is 38.9 Å². The van der Waals surface area contributed by atoms with Crippen LogP contribution in [-0.2, 0) is 6.42 Å². The van der Waals surface area contributed by atoms with Crippen molar-refractivity contribution in [3.8, 4) is 11.3 Å². The highest BCUT2D eigenvalue weighted by atomic mass is 32.1. The average Bonchev–Trinajstić information content (AvgIpc) is 2.93. The van der Waals surface area contributed by atoms with Gasteiger partial charge in [0.25, 0.3) is 0 Å². The van der Waals surface area contributed by atoms with Gasteiger partial charge >= 0.3 is 0 Å². The van der Waals surface area contributed by atoms with Crippen LogP contribution in [-0.4, -0.2) is 4.98 Å². The smallest absolute Gasteiger partial charge is 0.126 e. The second kappa shape index (κ2) is 5.66. The molecule has 0 radical (unpaired) electrons. The summed E-state index contributed by atoms with van der Waals surface area (Å²) in [6.45, 7) is 1.98. The summed E-state index contributed by atoms with van der Waals surface area (Å²) < 4.78 is 13.7. The predicted octanol–water partition coefficient (Wildman–Crippen LogP) is 4.43. The van der Waals surface area contributed by atoms with Crippen molar-refractivity contribution >= 4 is 17.0 Å². The molecular weight excluding hydrogens is 283 g/mol. The first-order valence-corrected chi connectivity index (χ1v) is 7.56. The molecule has 2 N–H and O–H groups in total. The molecule has 0 bridgehead atoms. The molecular formula is C17H15FN2S. The Bertz CT molecular complexity index is 780. The first-order chi connectivity index (χ1) is 10.1. The molecule has 1 aromatic heterocycles. The van der Waals surface area contributed by atoms with Crippen LogP contribution in [0.1, 0.15) is 16.1 Å². The number of hydrogen-bond acceptors (Lipinski definition) is 3. The summed E-state index contributed by atoms with van der Waals surface area (Å²) in [7, 11) is 0. The summed E-state index contributed by atoms with van der Waals surface area (Å²) in [6.07, 6.45) is 0.513. The Morgan fingerprint density at radius 2 is 2.00 bits per heavy atom. The van der Waals surface area contributed by atoms with E-state index in [4.69, 9.17) is 5.73 Å². The minimum atomic E-state index is -0.186. The van der Waals surface area contributed by atoms with Gasteiger partial charge in [-0.2, -0.15) is 0 Å². The summed E-state index contributed by atoms with van der Waals surface area (Å²) >= 11 is 1.54. The molecule has 1 heterocycles. The van der Waals surface area contributed by atoms with Gasteiger partial charge in [-0.1, -0.05) is 30.3 Å². The molecule has 0 aliphatic rings. The van der Waals surface area contributed by atoms with E-state index in [-0.39, 0.29) is 5.82 Å². The summed E-state index contributed by atoms with van der Waals surface area (Å²) in [5, 5.41) is 2.88. The maximum absolute atomic E-state index is 13.7. The van der Waals surface area contributed by atoms with E-state index >= 15 is 0 Å². The third-order valence-corrected chi connectivity index (χ3v) is 4.28. The lowest BCUT2D eigenvalue weighted by molar-refractivity contribution is 0.614. The van der Waals surface area contributed by atoms with Gasteiger partial charge in [-0.25, -0.2) is 9.37 Å². The van der Waals surface area contributed by atoms with Crippen molar-refractivity contribution < 1.29 is 4.39 Å². The standard InChI is InChI=1S/C17H15FN2S/c1-11-6-7-13(8-15(11)19)16-10-21-17(20-16)9-12-4-2-3-5-14(12)18/h2-8,10H,9,19H2,1H3. The number of nitrogens with two attached hydrogens (primary N) is 1. The molecule has 0 unspecified atom stereocenters. The number of nitrogens with zero attached hydrogens (tertiary/aromatic N) is 1. The van der Waals surface area contributed by atoms with Crippen molar-refractivity contribution in [2.75, 3.05) is 5.73 Å². The molecule has 2 nitrogen and oxygen atoms in total. The van der Waals surface area contributed by atoms with Gasteiger partial charge in [0, 0.05) is 23.1 Å². The largest absolute Gasteiger partial charge is 0.398 e. The van der Waals surface area contributed by atoms with Crippen molar-refractivity contribution in [2.24, 2.45) is 0 Å². The van der Waals surface area contributed by atoms with Crippen LogP contribution in [0.2, 0.25) is 0 Å². The van der Waals surface area contributed by atoms with Crippen LogP contribution in [0.25, 0.3) is 11.3 Å². The minimum absolute atomic E-state index is 0.186. The van der Waals surface area contributed by atoms with Gasteiger partial charge in [-0.3, -0.25) is 0 Å². The summed E-state index contributed by atoms with van der Waals surface area (Å²) in [4.78, 5) is 4.58. The highest BCUT2D eigenvalue weighted by Crippen LogP contribution is 2.26. The molecule has 0 spiro atoms. The van der Waals surface area contributed by atoms with Gasteiger partial charge in [-0.15, -0.1) is 11.3 Å². The monoisotopic (exact) mass is 298 g/mol. The van der Waals surface area contributed by atoms with Crippen molar-refractivity contribution in [3.63, 3.8) is 0 Å². The molecule has 0 saturated carbocycles. The Kier molecular flexibility index (Phi) is 3.71. The number of anilines is 1. The van der Waals surface area contributed by atoms with Gasteiger partial charge in [0.1, 0.15) is 5.82 Å². The summed E-state index contributed by atoms with van der Waals surface area (Å²) in [6, 6.07) is 12.7. The van der Waals surface area contributed by atoms with Gasteiger partial charge in [-0.05, 0) is 30.2 Å². The zero-order valence-corrected chi connectivity index (χ0v) is 12.5. The molecule has 2 aromatic carbocycles. The van der Waals surface area contributed by atoms with Gasteiger partial charge < -0.3 is 5.73 Å². The fourth-order valence-electron chi connectivity index (χ4n) is 2.13. The van der Waals surface area contributed by atoms with E-state index in [0.29, 0.717) is 12.0 Å². The number of halogens is 1. The second-order valence-electron chi connectivity index (χ2n) is 4.97. The lowest BCUT2D eigenvalue weighted by atomic mass is 10.1. The zero-order valence-electron chi connectivity index (χ0n) is 11.6. The van der Waals surface area contributed by atoms with Crippen LogP contribution in [0, 0.1) is 12.7 Å². The van der Waals surface area contributed by atoms with Crippen LogP contribution in [0.15, 0.2) is 47.8 Å². The number of rotatable bonds is 3. The summed E-state index contributed by atoms with van der Waals surface area (Å²) in [5.74, 6) is -0.186. The number of thiazole rings is 1. The predicted molar refractivity (Wildman–Crippen MR) is 85.9 cm³/mol. The van der Waals surface area contributed by atoms with Crippen molar-refractivity contribution in [1.29, 1.82) is 0 Å². The normalized spacial score (nSPS) is 10.8. The molecule has 0 amide bonds. The van der Waals surface area contributed by atoms with E-state index in [1.165, 1.54) is 17.4 Å². The van der Waals surface area contributed by atoms with Crippen molar-refractivity contribution in [1.82, 2.24) is 4.98 Å². The number of aryl methyl sites for hydroxylation is 1. The molecule has 0 atom stereocenters. The third-order valence-electron chi connectivity index (χ3n) is 3.43. The van der Waals surface area contributed by atoms with E-state index in [0.717, 1.165) is 27.5 Å². The number of benzene rings is 2. The zero-order chi connectivity index (χ0) is 14.8. The molecule has 106 valence electrons. The maximum atomic E-state index is 13.7.